The first-order chi connectivity index (χ1) is 17.7. The molecule has 36 heavy (non-hydrogen) atoms. The van der Waals surface area contributed by atoms with E-state index in [-0.39, 0.29) is 13.2 Å². The Hall–Kier alpha value is -3.02. The Balaban J connectivity index is 1.51. The number of rotatable bonds is 12. The van der Waals surface area contributed by atoms with E-state index in [0.717, 1.165) is 16.7 Å². The number of terminal acetylenes is 1. The molecular formula is C30H32O6. The molecule has 6 nitrogen and oxygen atoms in total. The summed E-state index contributed by atoms with van der Waals surface area (Å²) in [6.45, 7) is 1.27. The van der Waals surface area contributed by atoms with E-state index in [4.69, 9.17) is 30.1 Å². The average Bonchev–Trinajstić information content (AvgIpc) is 2.93. The Morgan fingerprint density at radius 1 is 0.694 bits per heavy atom. The van der Waals surface area contributed by atoms with Gasteiger partial charge in [-0.25, -0.2) is 0 Å². The van der Waals surface area contributed by atoms with E-state index in [1.807, 2.05) is 91.0 Å². The molecule has 0 amide bonds. The summed E-state index contributed by atoms with van der Waals surface area (Å²) in [5.74, 6) is 2.43. The van der Waals surface area contributed by atoms with Crippen molar-refractivity contribution in [3.63, 3.8) is 0 Å². The first-order valence-electron chi connectivity index (χ1n) is 12.1. The lowest BCUT2D eigenvalue weighted by Crippen LogP contribution is -2.61. The van der Waals surface area contributed by atoms with Gasteiger partial charge in [0.2, 0.25) is 0 Å². The van der Waals surface area contributed by atoms with Gasteiger partial charge in [0.1, 0.15) is 31.0 Å². The molecule has 0 aliphatic carbocycles. The SMILES string of the molecule is C#CCO[C@H]1OC(COCc2ccccc2)[C@@H](OCc2ccccc2)C(OCc2ccccc2)C1O. The first-order valence-corrected chi connectivity index (χ1v) is 12.1. The van der Waals surface area contributed by atoms with Crippen LogP contribution >= 0.6 is 0 Å². The minimum atomic E-state index is -1.10. The van der Waals surface area contributed by atoms with Gasteiger partial charge in [-0.3, -0.25) is 0 Å². The van der Waals surface area contributed by atoms with Crippen molar-refractivity contribution in [2.75, 3.05) is 13.2 Å². The van der Waals surface area contributed by atoms with Gasteiger partial charge in [0.15, 0.2) is 6.29 Å². The lowest BCUT2D eigenvalue weighted by molar-refractivity contribution is -0.316. The Morgan fingerprint density at radius 3 is 1.72 bits per heavy atom. The number of aliphatic hydroxyl groups is 1. The molecule has 1 aliphatic heterocycles. The highest BCUT2D eigenvalue weighted by atomic mass is 16.7. The fraction of sp³-hybridized carbons (Fsp3) is 0.333. The summed E-state index contributed by atoms with van der Waals surface area (Å²) in [5.41, 5.74) is 3.03. The van der Waals surface area contributed by atoms with Crippen molar-refractivity contribution in [2.24, 2.45) is 0 Å². The fourth-order valence-electron chi connectivity index (χ4n) is 4.09. The van der Waals surface area contributed by atoms with Crippen LogP contribution in [0, 0.1) is 12.3 Å². The van der Waals surface area contributed by atoms with Crippen LogP contribution in [0.1, 0.15) is 16.7 Å². The lowest BCUT2D eigenvalue weighted by Gasteiger charge is -2.44. The van der Waals surface area contributed by atoms with Gasteiger partial charge >= 0.3 is 0 Å². The lowest BCUT2D eigenvalue weighted by atomic mass is 9.98. The number of ether oxygens (including phenoxy) is 5. The van der Waals surface area contributed by atoms with E-state index in [1.54, 1.807) is 0 Å². The standard InChI is InChI=1S/C30H32O6/c1-2-18-33-30-27(31)29(35-21-25-16-10-5-11-17-25)28(34-20-24-14-8-4-9-15-24)26(36-30)22-32-19-23-12-6-3-7-13-23/h1,3-17,26-31H,18-22H2/t26?,27?,28-,29?,30+/m1/s1. The maximum absolute atomic E-state index is 11.2. The second-order valence-corrected chi connectivity index (χ2v) is 8.57. The smallest absolute Gasteiger partial charge is 0.187 e. The number of benzene rings is 3. The predicted octanol–water partition coefficient (Wildman–Crippen LogP) is 4.11. The van der Waals surface area contributed by atoms with Crippen LogP contribution in [0.15, 0.2) is 91.0 Å². The summed E-state index contributed by atoms with van der Waals surface area (Å²) < 4.78 is 30.3. The molecule has 0 bridgehead atoms. The van der Waals surface area contributed by atoms with Crippen molar-refractivity contribution in [1.82, 2.24) is 0 Å². The second-order valence-electron chi connectivity index (χ2n) is 8.57. The maximum atomic E-state index is 11.2. The van der Waals surface area contributed by atoms with E-state index in [1.165, 1.54) is 0 Å². The van der Waals surface area contributed by atoms with Gasteiger partial charge in [0, 0.05) is 0 Å². The van der Waals surface area contributed by atoms with Crippen LogP contribution in [-0.4, -0.2) is 49.0 Å². The van der Waals surface area contributed by atoms with Gasteiger partial charge < -0.3 is 28.8 Å². The topological polar surface area (TPSA) is 66.4 Å². The second kappa shape index (κ2) is 13.9. The minimum Gasteiger partial charge on any atom is -0.385 e. The Bertz CT molecular complexity index is 1050. The van der Waals surface area contributed by atoms with Crippen molar-refractivity contribution in [2.45, 2.75) is 50.5 Å². The summed E-state index contributed by atoms with van der Waals surface area (Å²) in [5, 5.41) is 11.2. The third-order valence-electron chi connectivity index (χ3n) is 5.91. The molecule has 1 fully saturated rings. The highest BCUT2D eigenvalue weighted by molar-refractivity contribution is 5.15. The van der Waals surface area contributed by atoms with E-state index < -0.39 is 30.7 Å². The normalized spacial score (nSPS) is 23.7. The van der Waals surface area contributed by atoms with Crippen molar-refractivity contribution in [3.8, 4) is 12.3 Å². The highest BCUT2D eigenvalue weighted by Crippen LogP contribution is 2.29. The highest BCUT2D eigenvalue weighted by Gasteiger charge is 2.47. The first kappa shape index (κ1) is 26.1. The quantitative estimate of drug-likeness (QED) is 0.387. The molecule has 0 spiro atoms. The number of hydrogen-bond acceptors (Lipinski definition) is 6. The molecule has 0 radical (unpaired) electrons. The third kappa shape index (κ3) is 7.49. The Kier molecular flexibility index (Phi) is 10.1. The van der Waals surface area contributed by atoms with Gasteiger partial charge in [0.05, 0.1) is 26.4 Å². The Labute approximate surface area is 212 Å². The molecule has 3 aromatic carbocycles. The van der Waals surface area contributed by atoms with E-state index >= 15 is 0 Å². The van der Waals surface area contributed by atoms with Crippen LogP contribution in [0.2, 0.25) is 0 Å². The molecule has 6 heteroatoms. The van der Waals surface area contributed by atoms with Crippen molar-refractivity contribution < 1.29 is 28.8 Å². The molecule has 1 N–H and O–H groups in total. The molecule has 188 valence electrons. The zero-order chi connectivity index (χ0) is 25.0. The summed E-state index contributed by atoms with van der Waals surface area (Å²) >= 11 is 0. The van der Waals surface area contributed by atoms with Gasteiger partial charge in [-0.05, 0) is 16.7 Å². The van der Waals surface area contributed by atoms with Crippen molar-refractivity contribution in [1.29, 1.82) is 0 Å². The molecule has 3 unspecified atom stereocenters. The van der Waals surface area contributed by atoms with Crippen LogP contribution in [0.5, 0.6) is 0 Å². The molecule has 0 saturated carbocycles. The third-order valence-corrected chi connectivity index (χ3v) is 5.91. The van der Waals surface area contributed by atoms with Gasteiger partial charge in [-0.1, -0.05) is 96.9 Å². The van der Waals surface area contributed by atoms with Gasteiger partial charge in [-0.15, -0.1) is 6.42 Å². The average molecular weight is 489 g/mol. The molecule has 1 saturated heterocycles. The van der Waals surface area contributed by atoms with Crippen molar-refractivity contribution in [3.05, 3.63) is 108 Å². The number of aliphatic hydroxyl groups excluding tert-OH is 1. The molecular weight excluding hydrogens is 456 g/mol. The van der Waals surface area contributed by atoms with Crippen LogP contribution in [0.3, 0.4) is 0 Å². The molecule has 3 aromatic rings. The van der Waals surface area contributed by atoms with Crippen LogP contribution in [-0.2, 0) is 43.5 Å². The maximum Gasteiger partial charge on any atom is 0.187 e. The van der Waals surface area contributed by atoms with E-state index in [9.17, 15) is 5.11 Å². The van der Waals surface area contributed by atoms with Gasteiger partial charge in [-0.2, -0.15) is 0 Å². The summed E-state index contributed by atoms with van der Waals surface area (Å²) in [6, 6.07) is 29.5. The molecule has 5 atom stereocenters. The van der Waals surface area contributed by atoms with Crippen LogP contribution in [0.4, 0.5) is 0 Å². The fourth-order valence-corrected chi connectivity index (χ4v) is 4.09. The van der Waals surface area contributed by atoms with Crippen LogP contribution in [0.25, 0.3) is 0 Å². The predicted molar refractivity (Wildman–Crippen MR) is 136 cm³/mol. The molecule has 4 rings (SSSR count). The zero-order valence-electron chi connectivity index (χ0n) is 20.1. The van der Waals surface area contributed by atoms with Crippen molar-refractivity contribution >= 4 is 0 Å². The van der Waals surface area contributed by atoms with Crippen LogP contribution < -0.4 is 0 Å². The Morgan fingerprint density at radius 2 is 1.19 bits per heavy atom. The molecule has 0 aromatic heterocycles. The largest absolute Gasteiger partial charge is 0.385 e. The van der Waals surface area contributed by atoms with E-state index in [0.29, 0.717) is 19.8 Å². The summed E-state index contributed by atoms with van der Waals surface area (Å²) in [7, 11) is 0. The van der Waals surface area contributed by atoms with Gasteiger partial charge in [0.25, 0.3) is 0 Å². The summed E-state index contributed by atoms with van der Waals surface area (Å²) in [4.78, 5) is 0. The monoisotopic (exact) mass is 488 g/mol. The minimum absolute atomic E-state index is 0.000261. The molecule has 1 aliphatic rings. The summed E-state index contributed by atoms with van der Waals surface area (Å²) in [6.07, 6.45) is 1.43. The zero-order valence-corrected chi connectivity index (χ0v) is 20.1. The number of hydrogen-bond donors (Lipinski definition) is 1. The molecule has 1 heterocycles. The van der Waals surface area contributed by atoms with E-state index in [2.05, 4.69) is 5.92 Å².